The van der Waals surface area contributed by atoms with Crippen molar-refractivity contribution in [3.05, 3.63) is 17.6 Å². The van der Waals surface area contributed by atoms with Crippen LogP contribution in [0.25, 0.3) is 0 Å². The van der Waals surface area contributed by atoms with E-state index in [0.29, 0.717) is 12.5 Å². The zero-order valence-electron chi connectivity index (χ0n) is 16.7. The van der Waals surface area contributed by atoms with Gasteiger partial charge in [0.2, 0.25) is 5.91 Å². The maximum absolute atomic E-state index is 12.4. The zero-order chi connectivity index (χ0) is 18.7. The number of nitrogens with zero attached hydrogens (tertiary/aromatic N) is 5. The molecule has 6 nitrogen and oxygen atoms in total. The summed E-state index contributed by atoms with van der Waals surface area (Å²) in [5.74, 6) is 2.54. The third-order valence-corrected chi connectivity index (χ3v) is 5.72. The summed E-state index contributed by atoms with van der Waals surface area (Å²) in [6.45, 7) is 10.7. The van der Waals surface area contributed by atoms with Gasteiger partial charge in [-0.05, 0) is 53.0 Å². The van der Waals surface area contributed by atoms with Gasteiger partial charge in [-0.25, -0.2) is 9.97 Å². The summed E-state index contributed by atoms with van der Waals surface area (Å²) >= 11 is 0. The van der Waals surface area contributed by atoms with Crippen molar-refractivity contribution < 1.29 is 4.79 Å². The van der Waals surface area contributed by atoms with Gasteiger partial charge in [0.15, 0.2) is 0 Å². The van der Waals surface area contributed by atoms with Crippen LogP contribution in [0, 0.1) is 6.92 Å². The average molecular weight is 360 g/mol. The topological polar surface area (TPSA) is 52.6 Å². The minimum Gasteiger partial charge on any atom is -0.357 e. The highest BCUT2D eigenvalue weighted by atomic mass is 16.2. The van der Waals surface area contributed by atoms with Gasteiger partial charge >= 0.3 is 0 Å². The summed E-state index contributed by atoms with van der Waals surface area (Å²) in [5, 5.41) is 0. The number of rotatable bonds is 5. The van der Waals surface area contributed by atoms with E-state index in [2.05, 4.69) is 34.7 Å². The van der Waals surface area contributed by atoms with Crippen molar-refractivity contribution in [1.82, 2.24) is 19.8 Å². The molecule has 1 aromatic rings. The molecule has 0 unspecified atom stereocenters. The molecule has 0 N–H and O–H groups in total. The lowest BCUT2D eigenvalue weighted by Gasteiger charge is -2.34. The summed E-state index contributed by atoms with van der Waals surface area (Å²) in [5.41, 5.74) is 1.15. The van der Waals surface area contributed by atoms with E-state index in [1.165, 1.54) is 12.8 Å². The lowest BCUT2D eigenvalue weighted by atomic mass is 9.94. The maximum atomic E-state index is 12.4. The molecule has 1 amide bonds. The van der Waals surface area contributed by atoms with E-state index in [-0.39, 0.29) is 11.9 Å². The number of hydrogen-bond acceptors (Lipinski definition) is 5. The largest absolute Gasteiger partial charge is 0.357 e. The summed E-state index contributed by atoms with van der Waals surface area (Å²) in [6, 6.07) is 2.43. The molecule has 2 aliphatic rings. The average Bonchev–Trinajstić information content (AvgIpc) is 3.15. The van der Waals surface area contributed by atoms with Gasteiger partial charge in [-0.3, -0.25) is 9.69 Å². The molecule has 0 spiro atoms. The molecule has 6 heteroatoms. The number of carbonyl (C=O) groups excluding carboxylic acids is 1. The van der Waals surface area contributed by atoms with Crippen LogP contribution in [0.5, 0.6) is 0 Å². The second-order valence-corrected chi connectivity index (χ2v) is 8.07. The Kier molecular flexibility index (Phi) is 6.12. The van der Waals surface area contributed by atoms with Crippen LogP contribution >= 0.6 is 0 Å². The Morgan fingerprint density at radius 2 is 1.96 bits per heavy atom. The van der Waals surface area contributed by atoms with Crippen LogP contribution in [0.4, 0.5) is 5.82 Å². The minimum atomic E-state index is 0.206. The maximum Gasteiger partial charge on any atom is 0.236 e. The first-order valence-corrected chi connectivity index (χ1v) is 10.0. The number of aryl methyl sites for hydroxylation is 1. The second kappa shape index (κ2) is 8.33. The fraction of sp³-hybridized carbons (Fsp3) is 0.750. The van der Waals surface area contributed by atoms with E-state index in [1.807, 2.05) is 18.9 Å². The monoisotopic (exact) mass is 359 g/mol. The number of anilines is 1. The lowest BCUT2D eigenvalue weighted by molar-refractivity contribution is -0.132. The summed E-state index contributed by atoms with van der Waals surface area (Å²) < 4.78 is 0. The van der Waals surface area contributed by atoms with Crippen LogP contribution in [0.15, 0.2) is 6.07 Å². The van der Waals surface area contributed by atoms with Gasteiger partial charge in [0.25, 0.3) is 0 Å². The zero-order valence-corrected chi connectivity index (χ0v) is 16.7. The van der Waals surface area contributed by atoms with E-state index >= 15 is 0 Å². The number of piperidine rings is 1. The molecule has 2 saturated heterocycles. The molecule has 2 fully saturated rings. The van der Waals surface area contributed by atoms with Crippen LogP contribution in [-0.2, 0) is 4.79 Å². The molecular weight excluding hydrogens is 326 g/mol. The molecular formula is C20H33N5O. The summed E-state index contributed by atoms with van der Waals surface area (Å²) in [6.07, 6.45) is 4.76. The number of amides is 1. The van der Waals surface area contributed by atoms with Gasteiger partial charge in [0, 0.05) is 44.7 Å². The number of aromatic nitrogens is 2. The Labute approximate surface area is 157 Å². The molecule has 144 valence electrons. The van der Waals surface area contributed by atoms with E-state index in [0.717, 1.165) is 56.4 Å². The SMILES string of the molecule is Cc1nc([C@@H]2CCCN(CC(=O)N(C)C(C)C)C2)cc(N2CCCC2)n1. The van der Waals surface area contributed by atoms with E-state index in [9.17, 15) is 4.79 Å². The van der Waals surface area contributed by atoms with E-state index < -0.39 is 0 Å². The van der Waals surface area contributed by atoms with Crippen LogP contribution in [0.1, 0.15) is 57.0 Å². The summed E-state index contributed by atoms with van der Waals surface area (Å²) in [7, 11) is 1.89. The third-order valence-electron chi connectivity index (χ3n) is 5.72. The van der Waals surface area contributed by atoms with E-state index in [1.54, 1.807) is 0 Å². The predicted octanol–water partition coefficient (Wildman–Crippen LogP) is 2.43. The second-order valence-electron chi connectivity index (χ2n) is 8.07. The third kappa shape index (κ3) is 4.53. The van der Waals surface area contributed by atoms with Crippen molar-refractivity contribution >= 4 is 11.7 Å². The van der Waals surface area contributed by atoms with Crippen molar-refractivity contribution in [2.75, 3.05) is 44.7 Å². The first kappa shape index (κ1) is 19.1. The van der Waals surface area contributed by atoms with Gasteiger partial charge < -0.3 is 9.80 Å². The smallest absolute Gasteiger partial charge is 0.236 e. The molecule has 2 aliphatic heterocycles. The molecule has 0 aromatic carbocycles. The van der Waals surface area contributed by atoms with Gasteiger partial charge in [0.1, 0.15) is 11.6 Å². The normalized spacial score (nSPS) is 21.4. The Bertz CT molecular complexity index is 627. The fourth-order valence-electron chi connectivity index (χ4n) is 3.92. The molecule has 0 aliphatic carbocycles. The van der Waals surface area contributed by atoms with Crippen LogP contribution in [-0.4, -0.2) is 71.5 Å². The number of likely N-dealkylation sites (N-methyl/N-ethyl adjacent to an activating group) is 1. The minimum absolute atomic E-state index is 0.206. The molecule has 0 bridgehead atoms. The molecule has 0 radical (unpaired) electrons. The molecule has 26 heavy (non-hydrogen) atoms. The molecule has 1 atom stereocenters. The Hall–Kier alpha value is -1.69. The van der Waals surface area contributed by atoms with Gasteiger partial charge in [0.05, 0.1) is 12.2 Å². The number of carbonyl (C=O) groups is 1. The highest BCUT2D eigenvalue weighted by Gasteiger charge is 2.26. The van der Waals surface area contributed by atoms with Gasteiger partial charge in [-0.1, -0.05) is 0 Å². The van der Waals surface area contributed by atoms with Gasteiger partial charge in [-0.15, -0.1) is 0 Å². The Balaban J connectivity index is 1.68. The Morgan fingerprint density at radius 1 is 1.23 bits per heavy atom. The highest BCUT2D eigenvalue weighted by molar-refractivity contribution is 5.78. The van der Waals surface area contributed by atoms with Crippen LogP contribution in [0.3, 0.4) is 0 Å². The first-order chi connectivity index (χ1) is 12.4. The quantitative estimate of drug-likeness (QED) is 0.808. The van der Waals surface area contributed by atoms with E-state index in [4.69, 9.17) is 4.98 Å². The predicted molar refractivity (Wildman–Crippen MR) is 105 cm³/mol. The van der Waals surface area contributed by atoms with Gasteiger partial charge in [-0.2, -0.15) is 0 Å². The Morgan fingerprint density at radius 3 is 2.65 bits per heavy atom. The van der Waals surface area contributed by atoms with Crippen molar-refractivity contribution in [3.63, 3.8) is 0 Å². The lowest BCUT2D eigenvalue weighted by Crippen LogP contribution is -2.44. The molecule has 3 rings (SSSR count). The first-order valence-electron chi connectivity index (χ1n) is 10.0. The molecule has 1 aromatic heterocycles. The molecule has 0 saturated carbocycles. The van der Waals surface area contributed by atoms with Crippen molar-refractivity contribution in [2.45, 2.75) is 58.4 Å². The molecule has 3 heterocycles. The standard InChI is InChI=1S/C20H33N5O/c1-15(2)23(4)20(26)14-24-9-7-8-17(13-24)18-12-19(22-16(3)21-18)25-10-5-6-11-25/h12,15,17H,5-11,13-14H2,1-4H3/t17-/m1/s1. The van der Waals surface area contributed by atoms with Crippen LogP contribution in [0.2, 0.25) is 0 Å². The van der Waals surface area contributed by atoms with Crippen molar-refractivity contribution in [3.8, 4) is 0 Å². The van der Waals surface area contributed by atoms with Crippen molar-refractivity contribution in [2.24, 2.45) is 0 Å². The summed E-state index contributed by atoms with van der Waals surface area (Å²) in [4.78, 5) is 28.3. The fourth-order valence-corrected chi connectivity index (χ4v) is 3.92. The number of likely N-dealkylation sites (tertiary alicyclic amines) is 1. The van der Waals surface area contributed by atoms with Crippen LogP contribution < -0.4 is 4.90 Å². The highest BCUT2D eigenvalue weighted by Crippen LogP contribution is 2.28. The van der Waals surface area contributed by atoms with Crippen molar-refractivity contribution in [1.29, 1.82) is 0 Å². The number of hydrogen-bond donors (Lipinski definition) is 0.